The first-order valence-electron chi connectivity index (χ1n) is 4.94. The Morgan fingerprint density at radius 3 is 2.77 bits per heavy atom. The summed E-state index contributed by atoms with van der Waals surface area (Å²) in [5.41, 5.74) is 5.78. The molecule has 0 aromatic carbocycles. The predicted octanol–water partition coefficient (Wildman–Crippen LogP) is 1.45. The van der Waals surface area contributed by atoms with Crippen molar-refractivity contribution in [1.82, 2.24) is 4.90 Å². The molecular formula is C9H18F2N2. The van der Waals surface area contributed by atoms with E-state index in [1.807, 2.05) is 0 Å². The van der Waals surface area contributed by atoms with Gasteiger partial charge in [0.1, 0.15) is 0 Å². The van der Waals surface area contributed by atoms with Crippen molar-refractivity contribution in [3.63, 3.8) is 0 Å². The molecule has 2 N–H and O–H groups in total. The van der Waals surface area contributed by atoms with Crippen LogP contribution in [0.2, 0.25) is 0 Å². The Balaban J connectivity index is 2.18. The van der Waals surface area contributed by atoms with Gasteiger partial charge in [0.2, 0.25) is 6.43 Å². The van der Waals surface area contributed by atoms with Crippen LogP contribution in [0, 0.1) is 0 Å². The molecule has 4 heteroatoms. The Labute approximate surface area is 78.1 Å². The molecule has 0 aromatic rings. The topological polar surface area (TPSA) is 29.3 Å². The maximum absolute atomic E-state index is 11.9. The van der Waals surface area contributed by atoms with Crippen molar-refractivity contribution >= 4 is 0 Å². The maximum atomic E-state index is 11.9. The summed E-state index contributed by atoms with van der Waals surface area (Å²) in [7, 11) is 0. The van der Waals surface area contributed by atoms with Crippen LogP contribution in [0.15, 0.2) is 0 Å². The number of hydrogen-bond donors (Lipinski definition) is 1. The highest BCUT2D eigenvalue weighted by atomic mass is 19.3. The van der Waals surface area contributed by atoms with Crippen LogP contribution in [0.4, 0.5) is 8.78 Å². The van der Waals surface area contributed by atoms with Gasteiger partial charge in [-0.3, -0.25) is 0 Å². The van der Waals surface area contributed by atoms with Gasteiger partial charge in [0, 0.05) is 19.0 Å². The van der Waals surface area contributed by atoms with E-state index in [0.29, 0.717) is 6.54 Å². The third-order valence-electron chi connectivity index (χ3n) is 2.53. The molecule has 0 saturated carbocycles. The zero-order valence-electron chi connectivity index (χ0n) is 7.88. The summed E-state index contributed by atoms with van der Waals surface area (Å²) in [4.78, 5) is 2.10. The zero-order valence-corrected chi connectivity index (χ0v) is 7.88. The van der Waals surface area contributed by atoms with Gasteiger partial charge >= 0.3 is 0 Å². The Bertz CT molecular complexity index is 142. The van der Waals surface area contributed by atoms with E-state index < -0.39 is 6.43 Å². The average molecular weight is 192 g/mol. The van der Waals surface area contributed by atoms with Crippen molar-refractivity contribution in [3.05, 3.63) is 0 Å². The molecule has 0 spiro atoms. The van der Waals surface area contributed by atoms with Crippen molar-refractivity contribution in [2.24, 2.45) is 5.73 Å². The molecule has 1 saturated heterocycles. The summed E-state index contributed by atoms with van der Waals surface area (Å²) in [6, 6.07) is 0.275. The quantitative estimate of drug-likeness (QED) is 0.733. The Hall–Kier alpha value is -0.220. The van der Waals surface area contributed by atoms with Crippen molar-refractivity contribution in [3.8, 4) is 0 Å². The highest BCUT2D eigenvalue weighted by Crippen LogP contribution is 2.10. The molecule has 0 aliphatic carbocycles. The molecule has 78 valence electrons. The molecule has 1 fully saturated rings. The van der Waals surface area contributed by atoms with Gasteiger partial charge in [-0.2, -0.15) is 0 Å². The van der Waals surface area contributed by atoms with Crippen LogP contribution in [-0.4, -0.2) is 37.0 Å². The van der Waals surface area contributed by atoms with Crippen LogP contribution >= 0.6 is 0 Å². The number of hydrogen-bond acceptors (Lipinski definition) is 2. The summed E-state index contributed by atoms with van der Waals surface area (Å²) in [5, 5.41) is 0. The van der Waals surface area contributed by atoms with Gasteiger partial charge in [0.25, 0.3) is 0 Å². The van der Waals surface area contributed by atoms with Gasteiger partial charge in [-0.15, -0.1) is 0 Å². The van der Waals surface area contributed by atoms with Crippen molar-refractivity contribution in [2.45, 2.75) is 38.2 Å². The first-order chi connectivity index (χ1) is 6.18. The molecule has 1 rings (SSSR count). The number of likely N-dealkylation sites (tertiary alicyclic amines) is 1. The molecule has 1 aliphatic heterocycles. The van der Waals surface area contributed by atoms with E-state index in [1.54, 1.807) is 0 Å². The lowest BCUT2D eigenvalue weighted by Crippen LogP contribution is -2.28. The summed E-state index contributed by atoms with van der Waals surface area (Å²) in [6.07, 6.45) is 0.852. The molecular weight excluding hydrogens is 174 g/mol. The van der Waals surface area contributed by atoms with Gasteiger partial charge in [0.05, 0.1) is 0 Å². The Kier molecular flexibility index (Phi) is 4.59. The molecule has 2 nitrogen and oxygen atoms in total. The first-order valence-corrected chi connectivity index (χ1v) is 4.94. The van der Waals surface area contributed by atoms with Crippen LogP contribution in [0.25, 0.3) is 0 Å². The predicted molar refractivity (Wildman–Crippen MR) is 48.9 cm³/mol. The number of nitrogens with zero attached hydrogens (tertiary/aromatic N) is 1. The molecule has 1 atom stereocenters. The van der Waals surface area contributed by atoms with E-state index in [9.17, 15) is 8.78 Å². The van der Waals surface area contributed by atoms with Crippen LogP contribution in [-0.2, 0) is 0 Å². The summed E-state index contributed by atoms with van der Waals surface area (Å²) >= 11 is 0. The van der Waals surface area contributed by atoms with E-state index in [4.69, 9.17) is 5.73 Å². The SMILES string of the molecule is NC1CCCN(CCC(F)F)CC1. The van der Waals surface area contributed by atoms with Crippen LogP contribution < -0.4 is 5.73 Å². The summed E-state index contributed by atoms with van der Waals surface area (Å²) in [6.45, 7) is 2.33. The second kappa shape index (κ2) is 5.50. The molecule has 0 aromatic heterocycles. The molecule has 1 heterocycles. The lowest BCUT2D eigenvalue weighted by molar-refractivity contribution is 0.117. The number of nitrogens with two attached hydrogens (primary N) is 1. The summed E-state index contributed by atoms with van der Waals surface area (Å²) in [5.74, 6) is 0. The lowest BCUT2D eigenvalue weighted by Gasteiger charge is -2.19. The standard InChI is InChI=1S/C9H18F2N2/c10-9(11)4-7-13-5-1-2-8(12)3-6-13/h8-9H,1-7,12H2. The average Bonchev–Trinajstić information content (AvgIpc) is 2.27. The minimum atomic E-state index is -2.17. The van der Waals surface area contributed by atoms with Crippen molar-refractivity contribution in [1.29, 1.82) is 0 Å². The highest BCUT2D eigenvalue weighted by molar-refractivity contribution is 4.71. The Morgan fingerprint density at radius 1 is 1.31 bits per heavy atom. The van der Waals surface area contributed by atoms with Crippen LogP contribution in [0.5, 0.6) is 0 Å². The van der Waals surface area contributed by atoms with E-state index >= 15 is 0 Å². The van der Waals surface area contributed by atoms with E-state index in [0.717, 1.165) is 32.4 Å². The third-order valence-corrected chi connectivity index (χ3v) is 2.53. The highest BCUT2D eigenvalue weighted by Gasteiger charge is 2.14. The Morgan fingerprint density at radius 2 is 2.08 bits per heavy atom. The lowest BCUT2D eigenvalue weighted by atomic mass is 10.1. The summed E-state index contributed by atoms with van der Waals surface area (Å²) < 4.78 is 23.8. The maximum Gasteiger partial charge on any atom is 0.239 e. The third kappa shape index (κ3) is 4.52. The molecule has 0 radical (unpaired) electrons. The number of alkyl halides is 2. The molecule has 0 amide bonds. The second-order valence-electron chi connectivity index (χ2n) is 3.71. The van der Waals surface area contributed by atoms with Gasteiger partial charge in [-0.1, -0.05) is 0 Å². The minimum Gasteiger partial charge on any atom is -0.328 e. The minimum absolute atomic E-state index is 0.00472. The van der Waals surface area contributed by atoms with Gasteiger partial charge in [-0.05, 0) is 32.4 Å². The van der Waals surface area contributed by atoms with Gasteiger partial charge < -0.3 is 10.6 Å². The van der Waals surface area contributed by atoms with Crippen molar-refractivity contribution < 1.29 is 8.78 Å². The molecule has 1 unspecified atom stereocenters. The van der Waals surface area contributed by atoms with Crippen molar-refractivity contribution in [2.75, 3.05) is 19.6 Å². The fourth-order valence-corrected chi connectivity index (χ4v) is 1.69. The number of halogens is 2. The number of rotatable bonds is 3. The fraction of sp³-hybridized carbons (Fsp3) is 1.00. The monoisotopic (exact) mass is 192 g/mol. The molecule has 13 heavy (non-hydrogen) atoms. The first kappa shape index (κ1) is 10.9. The zero-order chi connectivity index (χ0) is 9.68. The smallest absolute Gasteiger partial charge is 0.239 e. The van der Waals surface area contributed by atoms with E-state index in [2.05, 4.69) is 4.90 Å². The van der Waals surface area contributed by atoms with E-state index in [1.165, 1.54) is 0 Å². The van der Waals surface area contributed by atoms with Gasteiger partial charge in [0.15, 0.2) is 0 Å². The molecule has 1 aliphatic rings. The van der Waals surface area contributed by atoms with Crippen LogP contribution in [0.1, 0.15) is 25.7 Å². The fourth-order valence-electron chi connectivity index (χ4n) is 1.69. The largest absolute Gasteiger partial charge is 0.328 e. The second-order valence-corrected chi connectivity index (χ2v) is 3.71. The normalized spacial score (nSPS) is 26.3. The van der Waals surface area contributed by atoms with E-state index in [-0.39, 0.29) is 12.5 Å². The van der Waals surface area contributed by atoms with Crippen LogP contribution in [0.3, 0.4) is 0 Å². The molecule has 0 bridgehead atoms. The van der Waals surface area contributed by atoms with Gasteiger partial charge in [-0.25, -0.2) is 8.78 Å².